The van der Waals surface area contributed by atoms with Crippen LogP contribution in [0.5, 0.6) is 11.5 Å². The molecule has 0 heterocycles. The van der Waals surface area contributed by atoms with E-state index < -0.39 is 0 Å². The fourth-order valence-electron chi connectivity index (χ4n) is 1.43. The minimum absolute atomic E-state index is 0.614. The molecule has 0 spiro atoms. The third-order valence-corrected chi connectivity index (χ3v) is 3.03. The highest BCUT2D eigenvalue weighted by Gasteiger charge is 1.98. The largest absolute Gasteiger partial charge is 0.457 e. The molecule has 0 aromatic heterocycles. The lowest BCUT2D eigenvalue weighted by molar-refractivity contribution is 0.112. The van der Waals surface area contributed by atoms with Gasteiger partial charge in [-0.15, -0.1) is 11.8 Å². The van der Waals surface area contributed by atoms with Gasteiger partial charge >= 0.3 is 0 Å². The van der Waals surface area contributed by atoms with Gasteiger partial charge in [0.1, 0.15) is 17.8 Å². The summed E-state index contributed by atoms with van der Waals surface area (Å²) in [6.07, 6.45) is 2.84. The summed E-state index contributed by atoms with van der Waals surface area (Å²) in [4.78, 5) is 11.8. The summed E-state index contributed by atoms with van der Waals surface area (Å²) in [5.74, 6) is 1.44. The maximum absolute atomic E-state index is 10.6. The van der Waals surface area contributed by atoms with Crippen molar-refractivity contribution in [3.8, 4) is 11.5 Å². The van der Waals surface area contributed by atoms with Crippen molar-refractivity contribution in [1.82, 2.24) is 0 Å². The highest BCUT2D eigenvalue weighted by atomic mass is 32.2. The summed E-state index contributed by atoms with van der Waals surface area (Å²) in [7, 11) is 0. The summed E-state index contributed by atoms with van der Waals surface area (Å²) in [5.41, 5.74) is 0.614. The number of carbonyl (C=O) groups excluding carboxylic acids is 1. The molecule has 0 amide bonds. The van der Waals surface area contributed by atoms with E-state index in [1.54, 1.807) is 30.0 Å². The maximum Gasteiger partial charge on any atom is 0.150 e. The summed E-state index contributed by atoms with van der Waals surface area (Å²) >= 11 is 1.69. The molecule has 2 nitrogen and oxygen atoms in total. The predicted molar refractivity (Wildman–Crippen MR) is 70.1 cm³/mol. The molecule has 17 heavy (non-hydrogen) atoms. The van der Waals surface area contributed by atoms with Crippen LogP contribution in [0.3, 0.4) is 0 Å². The number of hydrogen-bond acceptors (Lipinski definition) is 3. The number of aldehydes is 1. The molecule has 0 unspecified atom stereocenters. The van der Waals surface area contributed by atoms with Gasteiger partial charge in [-0.3, -0.25) is 4.79 Å². The number of hydrogen-bond donors (Lipinski definition) is 0. The summed E-state index contributed by atoms with van der Waals surface area (Å²) in [6, 6.07) is 14.9. The lowest BCUT2D eigenvalue weighted by Gasteiger charge is -2.06. The van der Waals surface area contributed by atoms with Gasteiger partial charge in [0.15, 0.2) is 0 Å². The van der Waals surface area contributed by atoms with Crippen molar-refractivity contribution in [2.75, 3.05) is 6.26 Å². The lowest BCUT2D eigenvalue weighted by Crippen LogP contribution is -1.86. The van der Waals surface area contributed by atoms with E-state index in [1.807, 2.05) is 36.6 Å². The predicted octanol–water partition coefficient (Wildman–Crippen LogP) is 4.01. The minimum atomic E-state index is 0.614. The first-order chi connectivity index (χ1) is 8.31. The van der Waals surface area contributed by atoms with E-state index in [0.717, 1.165) is 12.0 Å². The van der Waals surface area contributed by atoms with Gasteiger partial charge in [0, 0.05) is 10.5 Å². The molecule has 0 bridgehead atoms. The molecule has 3 heteroatoms. The third-order valence-electron chi connectivity index (χ3n) is 2.29. The normalized spacial score (nSPS) is 9.94. The van der Waals surface area contributed by atoms with Gasteiger partial charge in [-0.25, -0.2) is 0 Å². The molecule has 2 aromatic rings. The Hall–Kier alpha value is -1.74. The highest BCUT2D eigenvalue weighted by Crippen LogP contribution is 2.24. The van der Waals surface area contributed by atoms with Crippen molar-refractivity contribution in [3.05, 3.63) is 54.1 Å². The van der Waals surface area contributed by atoms with Crippen LogP contribution in [0.15, 0.2) is 53.4 Å². The first-order valence-electron chi connectivity index (χ1n) is 5.19. The Bertz CT molecular complexity index is 506. The van der Waals surface area contributed by atoms with Crippen molar-refractivity contribution in [2.24, 2.45) is 0 Å². The molecule has 0 aliphatic heterocycles. The van der Waals surface area contributed by atoms with E-state index in [0.29, 0.717) is 11.3 Å². The van der Waals surface area contributed by atoms with Gasteiger partial charge in [0.2, 0.25) is 0 Å². The van der Waals surface area contributed by atoms with Crippen LogP contribution in [-0.4, -0.2) is 12.5 Å². The topological polar surface area (TPSA) is 26.3 Å². The maximum atomic E-state index is 10.6. The molecule has 0 aliphatic carbocycles. The Kier molecular flexibility index (Phi) is 3.83. The van der Waals surface area contributed by atoms with Crippen molar-refractivity contribution in [1.29, 1.82) is 0 Å². The Morgan fingerprint density at radius 3 is 2.47 bits per heavy atom. The van der Waals surface area contributed by atoms with E-state index in [4.69, 9.17) is 4.74 Å². The number of thioether (sulfide) groups is 1. The standard InChI is InChI=1S/C14H12O2S/c1-17-14-7-5-12(6-8-14)16-13-4-2-3-11(9-13)10-15/h2-10H,1H3. The number of benzene rings is 2. The monoisotopic (exact) mass is 244 g/mol. The van der Waals surface area contributed by atoms with E-state index in [9.17, 15) is 4.79 Å². The first kappa shape index (κ1) is 11.7. The highest BCUT2D eigenvalue weighted by molar-refractivity contribution is 7.98. The zero-order valence-corrected chi connectivity index (χ0v) is 10.2. The molecular formula is C14H12O2S. The molecular weight excluding hydrogens is 232 g/mol. The van der Waals surface area contributed by atoms with Gasteiger partial charge < -0.3 is 4.74 Å². The van der Waals surface area contributed by atoms with Crippen LogP contribution in [0, 0.1) is 0 Å². The molecule has 86 valence electrons. The average molecular weight is 244 g/mol. The van der Waals surface area contributed by atoms with Crippen LogP contribution in [0.2, 0.25) is 0 Å². The van der Waals surface area contributed by atoms with E-state index >= 15 is 0 Å². The summed E-state index contributed by atoms with van der Waals surface area (Å²) in [6.45, 7) is 0. The first-order valence-corrected chi connectivity index (χ1v) is 6.41. The van der Waals surface area contributed by atoms with E-state index in [-0.39, 0.29) is 0 Å². The summed E-state index contributed by atoms with van der Waals surface area (Å²) in [5, 5.41) is 0. The van der Waals surface area contributed by atoms with Gasteiger partial charge in [-0.2, -0.15) is 0 Å². The Balaban J connectivity index is 2.16. The van der Waals surface area contributed by atoms with Crippen LogP contribution in [0.4, 0.5) is 0 Å². The van der Waals surface area contributed by atoms with Crippen LogP contribution in [0.1, 0.15) is 10.4 Å². The second-order valence-electron chi connectivity index (χ2n) is 3.47. The van der Waals surface area contributed by atoms with Gasteiger partial charge in [-0.05, 0) is 42.7 Å². The molecule has 0 atom stereocenters. The van der Waals surface area contributed by atoms with Gasteiger partial charge in [-0.1, -0.05) is 12.1 Å². The smallest absolute Gasteiger partial charge is 0.150 e. The average Bonchev–Trinajstić information content (AvgIpc) is 2.40. The van der Waals surface area contributed by atoms with Crippen LogP contribution < -0.4 is 4.74 Å². The molecule has 0 saturated carbocycles. The van der Waals surface area contributed by atoms with E-state index in [1.165, 1.54) is 4.90 Å². The number of rotatable bonds is 4. The molecule has 0 fully saturated rings. The van der Waals surface area contributed by atoms with E-state index in [2.05, 4.69) is 0 Å². The second kappa shape index (κ2) is 5.55. The van der Waals surface area contributed by atoms with Gasteiger partial charge in [0.05, 0.1) is 0 Å². The molecule has 0 N–H and O–H groups in total. The lowest BCUT2D eigenvalue weighted by atomic mass is 10.2. The second-order valence-corrected chi connectivity index (χ2v) is 4.35. The van der Waals surface area contributed by atoms with Crippen LogP contribution in [0.25, 0.3) is 0 Å². The van der Waals surface area contributed by atoms with Crippen molar-refractivity contribution in [3.63, 3.8) is 0 Å². The number of carbonyl (C=O) groups is 1. The quantitative estimate of drug-likeness (QED) is 0.600. The Labute approximate surface area is 105 Å². The van der Waals surface area contributed by atoms with Crippen molar-refractivity contribution in [2.45, 2.75) is 4.90 Å². The zero-order valence-electron chi connectivity index (χ0n) is 9.42. The van der Waals surface area contributed by atoms with Crippen molar-refractivity contribution < 1.29 is 9.53 Å². The fourth-order valence-corrected chi connectivity index (χ4v) is 1.84. The minimum Gasteiger partial charge on any atom is -0.457 e. The zero-order chi connectivity index (χ0) is 12.1. The molecule has 0 aliphatic rings. The summed E-state index contributed by atoms with van der Waals surface area (Å²) < 4.78 is 5.65. The SMILES string of the molecule is CSc1ccc(Oc2cccc(C=O)c2)cc1. The molecule has 2 aromatic carbocycles. The molecule has 0 radical (unpaired) electrons. The number of ether oxygens (including phenoxy) is 1. The van der Waals surface area contributed by atoms with Crippen LogP contribution >= 0.6 is 11.8 Å². The van der Waals surface area contributed by atoms with Crippen molar-refractivity contribution >= 4 is 18.0 Å². The fraction of sp³-hybridized carbons (Fsp3) is 0.0714. The van der Waals surface area contributed by atoms with Crippen LogP contribution in [-0.2, 0) is 0 Å². The van der Waals surface area contributed by atoms with Gasteiger partial charge in [0.25, 0.3) is 0 Å². The molecule has 2 rings (SSSR count). The third kappa shape index (κ3) is 3.11. The Morgan fingerprint density at radius 1 is 1.06 bits per heavy atom. The molecule has 0 saturated heterocycles. The Morgan fingerprint density at radius 2 is 1.82 bits per heavy atom.